The summed E-state index contributed by atoms with van der Waals surface area (Å²) in [5.74, 6) is 0. The summed E-state index contributed by atoms with van der Waals surface area (Å²) in [6.45, 7) is 13.1. The number of nitrogens with zero attached hydrogens (tertiary/aromatic N) is 1. The number of likely N-dealkylation sites (tertiary alicyclic amines) is 1. The van der Waals surface area contributed by atoms with Crippen LogP contribution in [0.1, 0.15) is 33.1 Å². The summed E-state index contributed by atoms with van der Waals surface area (Å²) >= 11 is 0. The Labute approximate surface area is 106 Å². The summed E-state index contributed by atoms with van der Waals surface area (Å²) < 4.78 is 0. The highest BCUT2D eigenvalue weighted by atomic mass is 15.2. The minimum absolute atomic E-state index is 0.294. The molecular formula is C16H23N. The van der Waals surface area contributed by atoms with Gasteiger partial charge in [-0.1, -0.05) is 37.8 Å². The molecule has 0 aromatic carbocycles. The highest BCUT2D eigenvalue weighted by molar-refractivity contribution is 5.25. The van der Waals surface area contributed by atoms with E-state index in [-0.39, 0.29) is 0 Å². The predicted molar refractivity (Wildman–Crippen MR) is 75.8 cm³/mol. The van der Waals surface area contributed by atoms with Crippen LogP contribution < -0.4 is 0 Å². The van der Waals surface area contributed by atoms with Gasteiger partial charge in [0.25, 0.3) is 0 Å². The summed E-state index contributed by atoms with van der Waals surface area (Å²) in [5, 5.41) is 0. The monoisotopic (exact) mass is 229 g/mol. The predicted octanol–water partition coefficient (Wildman–Crippen LogP) is 4.22. The van der Waals surface area contributed by atoms with Crippen molar-refractivity contribution in [3.63, 3.8) is 0 Å². The lowest BCUT2D eigenvalue weighted by Gasteiger charge is -2.29. The van der Waals surface area contributed by atoms with Crippen molar-refractivity contribution in [3.8, 4) is 0 Å². The van der Waals surface area contributed by atoms with Crippen LogP contribution in [0, 0.1) is 0 Å². The zero-order valence-electron chi connectivity index (χ0n) is 11.1. The van der Waals surface area contributed by atoms with Gasteiger partial charge in [0.2, 0.25) is 0 Å². The third-order valence-electron chi connectivity index (χ3n) is 3.21. The molecule has 0 saturated carbocycles. The van der Waals surface area contributed by atoms with Crippen LogP contribution in [0.15, 0.2) is 54.5 Å². The number of hydrogen-bond acceptors (Lipinski definition) is 1. The quantitative estimate of drug-likeness (QED) is 0.387. The number of allylic oxidation sites excluding steroid dienone is 4. The third kappa shape index (κ3) is 3.25. The van der Waals surface area contributed by atoms with Crippen LogP contribution in [-0.2, 0) is 0 Å². The van der Waals surface area contributed by atoms with Crippen molar-refractivity contribution in [2.75, 3.05) is 6.54 Å². The second-order valence-corrected chi connectivity index (χ2v) is 4.22. The van der Waals surface area contributed by atoms with Crippen molar-refractivity contribution >= 4 is 0 Å². The Hall–Kier alpha value is -1.46. The molecule has 0 bridgehead atoms. The number of hydrogen-bond donors (Lipinski definition) is 0. The fourth-order valence-electron chi connectivity index (χ4n) is 2.32. The molecule has 0 amide bonds. The smallest absolute Gasteiger partial charge is 0.0689 e. The zero-order valence-corrected chi connectivity index (χ0v) is 11.1. The maximum absolute atomic E-state index is 3.98. The van der Waals surface area contributed by atoms with Crippen LogP contribution in [-0.4, -0.2) is 17.5 Å². The largest absolute Gasteiger partial charge is 0.358 e. The second kappa shape index (κ2) is 6.98. The molecule has 1 heterocycles. The molecule has 0 aromatic heterocycles. The highest BCUT2D eigenvalue weighted by Gasteiger charge is 2.24. The average Bonchev–Trinajstić information content (AvgIpc) is 2.82. The summed E-state index contributed by atoms with van der Waals surface area (Å²) in [6, 6.07) is 0.294. The molecule has 92 valence electrons. The molecule has 1 fully saturated rings. The van der Waals surface area contributed by atoms with Gasteiger partial charge in [-0.15, -0.1) is 12.3 Å². The van der Waals surface area contributed by atoms with Gasteiger partial charge in [0.1, 0.15) is 0 Å². The molecule has 1 aliphatic heterocycles. The van der Waals surface area contributed by atoms with Crippen molar-refractivity contribution in [3.05, 3.63) is 54.5 Å². The highest BCUT2D eigenvalue weighted by Crippen LogP contribution is 2.27. The molecule has 0 radical (unpaired) electrons. The first-order chi connectivity index (χ1) is 8.28. The molecule has 0 aromatic rings. The first-order valence-corrected chi connectivity index (χ1v) is 6.38. The van der Waals surface area contributed by atoms with Crippen molar-refractivity contribution in [2.24, 2.45) is 0 Å². The fraction of sp³-hybridized carbons (Fsp3) is 0.438. The maximum atomic E-state index is 3.98. The van der Waals surface area contributed by atoms with E-state index in [0.717, 1.165) is 19.4 Å². The van der Waals surface area contributed by atoms with Crippen LogP contribution in [0.5, 0.6) is 0 Å². The molecule has 1 aliphatic rings. The molecular weight excluding hydrogens is 206 g/mol. The lowest BCUT2D eigenvalue weighted by Crippen LogP contribution is -2.31. The Morgan fingerprint density at radius 2 is 2.35 bits per heavy atom. The van der Waals surface area contributed by atoms with Gasteiger partial charge in [-0.3, -0.25) is 0 Å². The minimum atomic E-state index is 0.294. The van der Waals surface area contributed by atoms with Crippen LogP contribution in [0.2, 0.25) is 0 Å². The Balaban J connectivity index is 2.97. The van der Waals surface area contributed by atoms with Gasteiger partial charge >= 0.3 is 0 Å². The summed E-state index contributed by atoms with van der Waals surface area (Å²) in [7, 11) is 0. The van der Waals surface area contributed by atoms with Crippen LogP contribution in [0.25, 0.3) is 0 Å². The molecule has 1 saturated heterocycles. The molecule has 0 unspecified atom stereocenters. The summed E-state index contributed by atoms with van der Waals surface area (Å²) in [6.07, 6.45) is 11.7. The Bertz CT molecular complexity index is 367. The molecule has 0 aliphatic carbocycles. The van der Waals surface area contributed by atoms with Gasteiger partial charge in [-0.05, 0) is 31.8 Å². The normalized spacial score (nSPS) is 18.6. The molecule has 1 atom stereocenters. The fourth-order valence-corrected chi connectivity index (χ4v) is 2.32. The summed E-state index contributed by atoms with van der Waals surface area (Å²) in [4.78, 5) is 2.37. The van der Waals surface area contributed by atoms with E-state index in [1.165, 1.54) is 17.7 Å². The van der Waals surface area contributed by atoms with Crippen LogP contribution >= 0.6 is 0 Å². The van der Waals surface area contributed by atoms with Crippen molar-refractivity contribution < 1.29 is 0 Å². The summed E-state index contributed by atoms with van der Waals surface area (Å²) in [5.41, 5.74) is 5.69. The Morgan fingerprint density at radius 1 is 1.59 bits per heavy atom. The van der Waals surface area contributed by atoms with E-state index in [4.69, 9.17) is 0 Å². The van der Waals surface area contributed by atoms with Gasteiger partial charge in [-0.2, -0.15) is 0 Å². The van der Waals surface area contributed by atoms with Gasteiger partial charge in [0, 0.05) is 6.54 Å². The zero-order chi connectivity index (χ0) is 12.7. The van der Waals surface area contributed by atoms with Crippen molar-refractivity contribution in [2.45, 2.75) is 39.2 Å². The molecule has 17 heavy (non-hydrogen) atoms. The topological polar surface area (TPSA) is 3.24 Å². The average molecular weight is 229 g/mol. The first-order valence-electron chi connectivity index (χ1n) is 6.38. The Morgan fingerprint density at radius 3 is 2.88 bits per heavy atom. The first kappa shape index (κ1) is 13.6. The van der Waals surface area contributed by atoms with E-state index < -0.39 is 0 Å². The molecule has 1 nitrogen and oxygen atoms in total. The lowest BCUT2D eigenvalue weighted by molar-refractivity contribution is 0.361. The molecule has 1 rings (SSSR count). The van der Waals surface area contributed by atoms with Crippen molar-refractivity contribution in [1.29, 1.82) is 0 Å². The van der Waals surface area contributed by atoms with E-state index in [2.05, 4.69) is 48.9 Å². The lowest BCUT2D eigenvalue weighted by atomic mass is 10.0. The van der Waals surface area contributed by atoms with Gasteiger partial charge in [0.15, 0.2) is 0 Å². The van der Waals surface area contributed by atoms with E-state index >= 15 is 0 Å². The van der Waals surface area contributed by atoms with Crippen LogP contribution in [0.3, 0.4) is 0 Å². The molecule has 0 N–H and O–H groups in total. The van der Waals surface area contributed by atoms with E-state index in [9.17, 15) is 0 Å². The minimum Gasteiger partial charge on any atom is -0.358 e. The maximum Gasteiger partial charge on any atom is 0.0689 e. The van der Waals surface area contributed by atoms with E-state index in [0.29, 0.717) is 6.04 Å². The SMILES string of the molecule is C=C=C1CCCN1[C@@H](C=C)/C(=C/C=C\C)CC. The molecule has 0 spiro atoms. The van der Waals surface area contributed by atoms with Gasteiger partial charge in [0.05, 0.1) is 11.7 Å². The van der Waals surface area contributed by atoms with Crippen molar-refractivity contribution in [1.82, 2.24) is 4.90 Å². The second-order valence-electron chi connectivity index (χ2n) is 4.22. The standard InChI is InChI=1S/C16H23N/c1-5-9-11-14(6-2)16(8-4)17-13-10-12-15(17)7-3/h5,8-9,11,16H,3-4,6,10,12-13H2,1-2H3/b9-5-,14-11+/t16-/m0/s1. The van der Waals surface area contributed by atoms with Gasteiger partial charge < -0.3 is 4.90 Å². The van der Waals surface area contributed by atoms with Crippen LogP contribution in [0.4, 0.5) is 0 Å². The van der Waals surface area contributed by atoms with E-state index in [1.807, 2.05) is 13.0 Å². The van der Waals surface area contributed by atoms with E-state index in [1.54, 1.807) is 0 Å². The third-order valence-corrected chi connectivity index (χ3v) is 3.21. The Kier molecular flexibility index (Phi) is 5.59. The van der Waals surface area contributed by atoms with Gasteiger partial charge in [-0.25, -0.2) is 0 Å². The molecule has 1 heteroatoms. The number of rotatable bonds is 5.